The summed E-state index contributed by atoms with van der Waals surface area (Å²) in [4.78, 5) is 33.5. The fraction of sp³-hybridized carbons (Fsp3) is 0.316. The van der Waals surface area contributed by atoms with Gasteiger partial charge in [-0.15, -0.1) is 22.7 Å². The molecule has 6 heterocycles. The highest BCUT2D eigenvalue weighted by Gasteiger charge is 2.34. The molecule has 3 N–H and O–H groups in total. The second-order valence-electron chi connectivity index (χ2n) is 6.89. The van der Waals surface area contributed by atoms with E-state index >= 15 is 0 Å². The standard InChI is InChI=1S/C18H16N6OS2.CH2O2/c19-3-10-7-26-9-14(10)22-17(25)13-8-27-18-16(13)23-15(5-21-18)24-6-11-1-2-12(24)4-20-11;2-1-3/h5,7-9,11-12,20H,1-2,4,6H2,(H,22,25);1H,(H,2,3)/t11-,12-;/m0./s1. The zero-order valence-corrected chi connectivity index (χ0v) is 17.4. The monoisotopic (exact) mass is 442 g/mol. The molecule has 0 unspecified atom stereocenters. The number of nitriles is 1. The molecule has 0 aliphatic carbocycles. The van der Waals surface area contributed by atoms with E-state index in [1.165, 1.54) is 29.1 Å². The second kappa shape index (κ2) is 8.74. The summed E-state index contributed by atoms with van der Waals surface area (Å²) in [6.07, 6.45) is 4.17. The van der Waals surface area contributed by atoms with Crippen LogP contribution in [-0.2, 0) is 4.79 Å². The van der Waals surface area contributed by atoms with Gasteiger partial charge in [0, 0.05) is 41.3 Å². The Morgan fingerprint density at radius 1 is 1.40 bits per heavy atom. The van der Waals surface area contributed by atoms with E-state index in [9.17, 15) is 4.79 Å². The Morgan fingerprint density at radius 3 is 2.90 bits per heavy atom. The number of rotatable bonds is 3. The van der Waals surface area contributed by atoms with E-state index in [-0.39, 0.29) is 12.4 Å². The van der Waals surface area contributed by atoms with E-state index in [1.54, 1.807) is 16.1 Å². The van der Waals surface area contributed by atoms with Gasteiger partial charge in [0.1, 0.15) is 22.2 Å². The van der Waals surface area contributed by atoms with Gasteiger partial charge in [-0.05, 0) is 12.8 Å². The third-order valence-corrected chi connectivity index (χ3v) is 6.81. The van der Waals surface area contributed by atoms with Gasteiger partial charge < -0.3 is 20.6 Å². The lowest BCUT2D eigenvalue weighted by Crippen LogP contribution is -2.61. The lowest BCUT2D eigenvalue weighted by Gasteiger charge is -2.46. The van der Waals surface area contributed by atoms with Gasteiger partial charge in [-0.3, -0.25) is 9.59 Å². The Kier molecular flexibility index (Phi) is 5.89. The van der Waals surface area contributed by atoms with E-state index < -0.39 is 0 Å². The summed E-state index contributed by atoms with van der Waals surface area (Å²) in [5, 5.41) is 27.7. The SMILES string of the molecule is N#Cc1cscc1NC(=O)c1csc2ncc(N3C[C@@H]4CC[C@H]3CN4)nc12.O=CO. The molecule has 0 aromatic carbocycles. The molecule has 11 heteroatoms. The van der Waals surface area contributed by atoms with Gasteiger partial charge in [0.25, 0.3) is 12.4 Å². The number of carbonyl (C=O) groups is 2. The Hall–Kier alpha value is -3.07. The number of thiophene rings is 2. The minimum absolute atomic E-state index is 0.250. The van der Waals surface area contributed by atoms with Crippen LogP contribution in [0.15, 0.2) is 22.3 Å². The van der Waals surface area contributed by atoms with Crippen LogP contribution in [0.3, 0.4) is 0 Å². The van der Waals surface area contributed by atoms with Crippen LogP contribution in [0.4, 0.5) is 11.5 Å². The Labute approximate surface area is 180 Å². The number of carboxylic acid groups (broad SMARTS) is 1. The van der Waals surface area contributed by atoms with Crippen LogP contribution in [-0.4, -0.2) is 52.6 Å². The number of fused-ring (bicyclic) bond motifs is 4. The topological polar surface area (TPSA) is 131 Å². The molecule has 3 aliphatic heterocycles. The predicted molar refractivity (Wildman–Crippen MR) is 115 cm³/mol. The number of aromatic nitrogens is 2. The average Bonchev–Trinajstić information content (AvgIpc) is 3.41. The first-order valence-corrected chi connectivity index (χ1v) is 11.1. The lowest BCUT2D eigenvalue weighted by atomic mass is 9.93. The van der Waals surface area contributed by atoms with Crippen molar-refractivity contribution in [2.75, 3.05) is 23.3 Å². The van der Waals surface area contributed by atoms with E-state index in [1.807, 2.05) is 6.20 Å². The third-order valence-electron chi connectivity index (χ3n) is 5.19. The second-order valence-corrected chi connectivity index (χ2v) is 8.49. The number of nitrogens with zero attached hydrogens (tertiary/aromatic N) is 4. The van der Waals surface area contributed by atoms with Crippen LogP contribution >= 0.6 is 22.7 Å². The summed E-state index contributed by atoms with van der Waals surface area (Å²) in [5.41, 5.74) is 2.13. The summed E-state index contributed by atoms with van der Waals surface area (Å²) in [5.74, 6) is 0.573. The van der Waals surface area contributed by atoms with Crippen molar-refractivity contribution in [1.82, 2.24) is 15.3 Å². The Balaban J connectivity index is 0.000000687. The summed E-state index contributed by atoms with van der Waals surface area (Å²) in [6, 6.07) is 3.02. The van der Waals surface area contributed by atoms with Crippen LogP contribution in [0.1, 0.15) is 28.8 Å². The van der Waals surface area contributed by atoms with Crippen molar-refractivity contribution in [1.29, 1.82) is 5.26 Å². The number of hydrogen-bond acceptors (Lipinski definition) is 9. The molecule has 0 spiro atoms. The highest BCUT2D eigenvalue weighted by Crippen LogP contribution is 2.30. The van der Waals surface area contributed by atoms with E-state index in [0.29, 0.717) is 34.4 Å². The van der Waals surface area contributed by atoms with E-state index in [2.05, 4.69) is 26.6 Å². The van der Waals surface area contributed by atoms with Gasteiger partial charge in [-0.25, -0.2) is 9.97 Å². The number of piperidine rings is 2. The van der Waals surface area contributed by atoms with Gasteiger partial charge >= 0.3 is 0 Å². The van der Waals surface area contributed by atoms with Crippen molar-refractivity contribution < 1.29 is 14.7 Å². The maximum Gasteiger partial charge on any atom is 0.290 e. The van der Waals surface area contributed by atoms with E-state index in [4.69, 9.17) is 20.1 Å². The normalized spacial score (nSPS) is 19.6. The molecule has 3 aromatic heterocycles. The maximum absolute atomic E-state index is 12.8. The molecule has 6 rings (SSSR count). The van der Waals surface area contributed by atoms with Gasteiger partial charge in [0.05, 0.1) is 23.0 Å². The molecule has 3 aromatic rings. The molecular formula is C19H18N6O3S2. The number of amides is 1. The molecule has 3 fully saturated rings. The molecular weight excluding hydrogens is 424 g/mol. The maximum atomic E-state index is 12.8. The van der Waals surface area contributed by atoms with E-state index in [0.717, 1.165) is 30.2 Å². The molecule has 3 saturated heterocycles. The van der Waals surface area contributed by atoms with Crippen LogP contribution in [0.2, 0.25) is 0 Å². The summed E-state index contributed by atoms with van der Waals surface area (Å²) in [7, 11) is 0. The molecule has 3 aliphatic rings. The molecule has 1 amide bonds. The number of nitrogens with one attached hydrogen (secondary N) is 2. The van der Waals surface area contributed by atoms with Gasteiger partial charge in [-0.2, -0.15) is 5.26 Å². The third kappa shape index (κ3) is 3.85. The molecule has 0 saturated carbocycles. The molecule has 2 atom stereocenters. The molecule has 0 radical (unpaired) electrons. The lowest BCUT2D eigenvalue weighted by molar-refractivity contribution is -0.122. The van der Waals surface area contributed by atoms with Crippen molar-refractivity contribution in [3.8, 4) is 6.07 Å². The summed E-state index contributed by atoms with van der Waals surface area (Å²) >= 11 is 2.79. The van der Waals surface area contributed by atoms with Crippen molar-refractivity contribution in [3.63, 3.8) is 0 Å². The zero-order chi connectivity index (χ0) is 21.1. The van der Waals surface area contributed by atoms with Gasteiger partial charge in [0.2, 0.25) is 0 Å². The molecule has 2 bridgehead atoms. The van der Waals surface area contributed by atoms with Crippen LogP contribution in [0, 0.1) is 11.3 Å². The first-order chi connectivity index (χ1) is 14.6. The van der Waals surface area contributed by atoms with Crippen molar-refractivity contribution in [3.05, 3.63) is 33.5 Å². The minimum atomic E-state index is -0.260. The van der Waals surface area contributed by atoms with Gasteiger partial charge in [-0.1, -0.05) is 0 Å². The Bertz CT molecular complexity index is 1110. The highest BCUT2D eigenvalue weighted by molar-refractivity contribution is 7.17. The first kappa shape index (κ1) is 20.2. The molecule has 30 heavy (non-hydrogen) atoms. The van der Waals surface area contributed by atoms with Crippen molar-refractivity contribution >= 4 is 56.9 Å². The number of anilines is 2. The van der Waals surface area contributed by atoms with Gasteiger partial charge in [0.15, 0.2) is 0 Å². The molecule has 9 nitrogen and oxygen atoms in total. The Morgan fingerprint density at radius 2 is 2.23 bits per heavy atom. The predicted octanol–water partition coefficient (Wildman–Crippen LogP) is 2.52. The quantitative estimate of drug-likeness (QED) is 0.527. The van der Waals surface area contributed by atoms with Crippen LogP contribution in [0.25, 0.3) is 10.3 Å². The smallest absolute Gasteiger partial charge is 0.290 e. The fourth-order valence-electron chi connectivity index (χ4n) is 3.76. The van der Waals surface area contributed by atoms with Crippen LogP contribution in [0.5, 0.6) is 0 Å². The number of hydrogen-bond donors (Lipinski definition) is 3. The largest absolute Gasteiger partial charge is 0.483 e. The van der Waals surface area contributed by atoms with Crippen LogP contribution < -0.4 is 15.5 Å². The summed E-state index contributed by atoms with van der Waals surface area (Å²) < 4.78 is 0. The highest BCUT2D eigenvalue weighted by atomic mass is 32.1. The number of piperazine rings is 1. The number of carbonyl (C=O) groups excluding carboxylic acids is 1. The first-order valence-electron chi connectivity index (χ1n) is 9.24. The average molecular weight is 443 g/mol. The zero-order valence-electron chi connectivity index (χ0n) is 15.7. The molecule has 154 valence electrons. The van der Waals surface area contributed by atoms with Crippen molar-refractivity contribution in [2.45, 2.75) is 24.9 Å². The fourth-order valence-corrected chi connectivity index (χ4v) is 5.29. The minimum Gasteiger partial charge on any atom is -0.483 e. The van der Waals surface area contributed by atoms with Crippen molar-refractivity contribution in [2.24, 2.45) is 0 Å². The summed E-state index contributed by atoms with van der Waals surface area (Å²) in [6.45, 7) is 1.65.